The van der Waals surface area contributed by atoms with Crippen LogP contribution in [0.4, 0.5) is 5.69 Å². The second-order valence-corrected chi connectivity index (χ2v) is 5.52. The van der Waals surface area contributed by atoms with Crippen molar-refractivity contribution in [2.45, 2.75) is 6.92 Å². The number of hydrogen-bond acceptors (Lipinski definition) is 4. The van der Waals surface area contributed by atoms with Crippen LogP contribution in [-0.4, -0.2) is 30.9 Å². The highest BCUT2D eigenvalue weighted by atomic mass is 16.5. The number of ketones is 1. The van der Waals surface area contributed by atoms with Gasteiger partial charge in [-0.1, -0.05) is 18.2 Å². The Balaban J connectivity index is 1.93. The summed E-state index contributed by atoms with van der Waals surface area (Å²) in [6.07, 6.45) is 0. The average molecular weight is 338 g/mol. The monoisotopic (exact) mass is 338 g/mol. The summed E-state index contributed by atoms with van der Waals surface area (Å²) in [6, 6.07) is 12.3. The van der Waals surface area contributed by atoms with Crippen LogP contribution in [-0.2, 0) is 4.79 Å². The summed E-state index contributed by atoms with van der Waals surface area (Å²) in [7, 11) is 3.01. The van der Waals surface area contributed by atoms with Crippen molar-refractivity contribution in [3.05, 3.63) is 53.7 Å². The van der Waals surface area contributed by atoms with Crippen LogP contribution in [0.15, 0.2) is 42.5 Å². The van der Waals surface area contributed by atoms with Crippen LogP contribution in [0.25, 0.3) is 10.9 Å². The summed E-state index contributed by atoms with van der Waals surface area (Å²) < 4.78 is 10.4. The van der Waals surface area contributed by atoms with Crippen molar-refractivity contribution in [3.63, 3.8) is 0 Å². The SMILES string of the molecule is COc1ccc(OC)c(NC(=O)C(=O)c2c(C)[nH]c3ccccc23)c1. The number of carbonyl (C=O) groups excluding carboxylic acids is 2. The first-order chi connectivity index (χ1) is 12.0. The van der Waals surface area contributed by atoms with Gasteiger partial charge in [-0.15, -0.1) is 0 Å². The molecule has 1 amide bonds. The van der Waals surface area contributed by atoms with Gasteiger partial charge in [0.15, 0.2) is 0 Å². The number of aromatic nitrogens is 1. The second-order valence-electron chi connectivity index (χ2n) is 5.52. The Morgan fingerprint density at radius 3 is 2.52 bits per heavy atom. The molecule has 0 saturated heterocycles. The number of aryl methyl sites for hydroxylation is 1. The Labute approximate surface area is 144 Å². The number of ether oxygens (including phenoxy) is 2. The van der Waals surface area contributed by atoms with E-state index in [2.05, 4.69) is 10.3 Å². The van der Waals surface area contributed by atoms with Crippen LogP contribution in [0.3, 0.4) is 0 Å². The van der Waals surface area contributed by atoms with Gasteiger partial charge in [-0.2, -0.15) is 0 Å². The zero-order valence-electron chi connectivity index (χ0n) is 14.2. The first-order valence-electron chi connectivity index (χ1n) is 7.70. The van der Waals surface area contributed by atoms with E-state index in [0.29, 0.717) is 28.4 Å². The number of benzene rings is 2. The number of fused-ring (bicyclic) bond motifs is 1. The summed E-state index contributed by atoms with van der Waals surface area (Å²) in [5.74, 6) is -0.358. The maximum Gasteiger partial charge on any atom is 0.296 e. The molecule has 3 rings (SSSR count). The fourth-order valence-electron chi connectivity index (χ4n) is 2.77. The number of hydrogen-bond donors (Lipinski definition) is 2. The molecule has 6 nitrogen and oxygen atoms in total. The molecule has 2 N–H and O–H groups in total. The highest BCUT2D eigenvalue weighted by Gasteiger charge is 2.23. The van der Waals surface area contributed by atoms with Crippen LogP contribution < -0.4 is 14.8 Å². The first kappa shape index (κ1) is 16.6. The minimum Gasteiger partial charge on any atom is -0.497 e. The number of rotatable bonds is 5. The first-order valence-corrected chi connectivity index (χ1v) is 7.70. The number of amides is 1. The van der Waals surface area contributed by atoms with Gasteiger partial charge in [0, 0.05) is 22.7 Å². The Bertz CT molecular complexity index is 959. The molecule has 0 aliphatic carbocycles. The molecule has 6 heteroatoms. The van der Waals surface area contributed by atoms with Crippen molar-refractivity contribution < 1.29 is 19.1 Å². The Morgan fingerprint density at radius 1 is 1.04 bits per heavy atom. The maximum absolute atomic E-state index is 12.7. The van der Waals surface area contributed by atoms with Gasteiger partial charge in [-0.05, 0) is 25.1 Å². The van der Waals surface area contributed by atoms with Crippen LogP contribution in [0.1, 0.15) is 16.1 Å². The van der Waals surface area contributed by atoms with Crippen molar-refractivity contribution in [1.29, 1.82) is 0 Å². The highest BCUT2D eigenvalue weighted by Crippen LogP contribution is 2.29. The molecule has 0 unspecified atom stereocenters. The molecule has 128 valence electrons. The quantitative estimate of drug-likeness (QED) is 0.552. The summed E-state index contributed by atoms with van der Waals surface area (Å²) in [6.45, 7) is 1.77. The normalized spacial score (nSPS) is 10.5. The molecule has 2 aromatic carbocycles. The summed E-state index contributed by atoms with van der Waals surface area (Å²) >= 11 is 0. The summed E-state index contributed by atoms with van der Waals surface area (Å²) in [5, 5.41) is 3.33. The molecule has 25 heavy (non-hydrogen) atoms. The van der Waals surface area contributed by atoms with E-state index in [4.69, 9.17) is 9.47 Å². The Hall–Kier alpha value is -3.28. The number of para-hydroxylation sites is 1. The predicted octanol–water partition coefficient (Wildman–Crippen LogP) is 3.31. The van der Waals surface area contributed by atoms with Crippen LogP contribution in [0, 0.1) is 6.92 Å². The van der Waals surface area contributed by atoms with E-state index in [9.17, 15) is 9.59 Å². The second kappa shape index (κ2) is 6.68. The lowest BCUT2D eigenvalue weighted by molar-refractivity contribution is -0.112. The van der Waals surface area contributed by atoms with E-state index in [1.807, 2.05) is 24.3 Å². The Morgan fingerprint density at radius 2 is 1.80 bits per heavy atom. The van der Waals surface area contributed by atoms with Gasteiger partial charge in [0.25, 0.3) is 11.7 Å². The molecule has 1 heterocycles. The molecular weight excluding hydrogens is 320 g/mol. The maximum atomic E-state index is 12.7. The number of carbonyl (C=O) groups is 2. The van der Waals surface area contributed by atoms with Crippen LogP contribution in [0.2, 0.25) is 0 Å². The van der Waals surface area contributed by atoms with E-state index < -0.39 is 11.7 Å². The lowest BCUT2D eigenvalue weighted by Crippen LogP contribution is -2.23. The topological polar surface area (TPSA) is 80.4 Å². The van der Waals surface area contributed by atoms with Crippen molar-refractivity contribution in [2.24, 2.45) is 0 Å². The number of methoxy groups -OCH3 is 2. The molecule has 0 radical (unpaired) electrons. The van der Waals surface area contributed by atoms with Crippen LogP contribution >= 0.6 is 0 Å². The van der Waals surface area contributed by atoms with Crippen molar-refractivity contribution >= 4 is 28.3 Å². The fourth-order valence-corrected chi connectivity index (χ4v) is 2.77. The third kappa shape index (κ3) is 3.06. The third-order valence-corrected chi connectivity index (χ3v) is 3.98. The summed E-state index contributed by atoms with van der Waals surface area (Å²) in [5.41, 5.74) is 2.21. The van der Waals surface area contributed by atoms with Gasteiger partial charge in [0.2, 0.25) is 0 Å². The number of H-pyrrole nitrogens is 1. The number of Topliss-reactive ketones (excluding diaryl/α,β-unsaturated/α-hetero) is 1. The standard InChI is InChI=1S/C19H18N2O4/c1-11-17(13-6-4-5-7-14(13)20-11)18(22)19(23)21-15-10-12(24-2)8-9-16(15)25-3/h4-10,20H,1-3H3,(H,21,23). The highest BCUT2D eigenvalue weighted by molar-refractivity contribution is 6.48. The number of aromatic amines is 1. The van der Waals surface area contributed by atoms with E-state index in [1.54, 1.807) is 25.1 Å². The summed E-state index contributed by atoms with van der Waals surface area (Å²) in [4.78, 5) is 28.3. The van der Waals surface area contributed by atoms with Gasteiger partial charge >= 0.3 is 0 Å². The molecule has 0 atom stereocenters. The minimum absolute atomic E-state index is 0.370. The molecule has 1 aromatic heterocycles. The Kier molecular flexibility index (Phi) is 4.43. The zero-order chi connectivity index (χ0) is 18.0. The van der Waals surface area contributed by atoms with E-state index in [1.165, 1.54) is 14.2 Å². The molecule has 0 aliphatic rings. The lowest BCUT2D eigenvalue weighted by atomic mass is 10.1. The lowest BCUT2D eigenvalue weighted by Gasteiger charge is -2.11. The molecule has 0 spiro atoms. The van der Waals surface area contributed by atoms with Gasteiger partial charge < -0.3 is 19.8 Å². The van der Waals surface area contributed by atoms with Gasteiger partial charge in [0.05, 0.1) is 25.5 Å². The average Bonchev–Trinajstić information content (AvgIpc) is 2.96. The minimum atomic E-state index is -0.737. The number of anilines is 1. The molecule has 0 fully saturated rings. The zero-order valence-corrected chi connectivity index (χ0v) is 14.2. The van der Waals surface area contributed by atoms with E-state index in [0.717, 1.165) is 10.9 Å². The molecule has 3 aromatic rings. The van der Waals surface area contributed by atoms with Gasteiger partial charge in [-0.3, -0.25) is 9.59 Å². The molecular formula is C19H18N2O4. The van der Waals surface area contributed by atoms with E-state index in [-0.39, 0.29) is 0 Å². The van der Waals surface area contributed by atoms with Gasteiger partial charge in [0.1, 0.15) is 11.5 Å². The predicted molar refractivity (Wildman–Crippen MR) is 95.5 cm³/mol. The largest absolute Gasteiger partial charge is 0.497 e. The van der Waals surface area contributed by atoms with E-state index >= 15 is 0 Å². The molecule has 0 bridgehead atoms. The van der Waals surface area contributed by atoms with Crippen molar-refractivity contribution in [3.8, 4) is 11.5 Å². The smallest absolute Gasteiger partial charge is 0.296 e. The molecule has 0 saturated carbocycles. The van der Waals surface area contributed by atoms with Gasteiger partial charge in [-0.25, -0.2) is 0 Å². The number of nitrogens with one attached hydrogen (secondary N) is 2. The van der Waals surface area contributed by atoms with Crippen molar-refractivity contribution in [1.82, 2.24) is 4.98 Å². The third-order valence-electron chi connectivity index (χ3n) is 3.98. The molecule has 0 aliphatic heterocycles. The fraction of sp³-hybridized carbons (Fsp3) is 0.158. The van der Waals surface area contributed by atoms with Crippen molar-refractivity contribution in [2.75, 3.05) is 19.5 Å². The van der Waals surface area contributed by atoms with Crippen LogP contribution in [0.5, 0.6) is 11.5 Å².